The Bertz CT molecular complexity index is 1070. The molecule has 1 heterocycles. The first-order valence-corrected chi connectivity index (χ1v) is 9.80. The number of aromatic nitrogens is 1. The number of carbonyl (C=O) groups excluding carboxylic acids is 1. The van der Waals surface area contributed by atoms with Gasteiger partial charge in [0.1, 0.15) is 5.01 Å². The monoisotopic (exact) mass is 372 g/mol. The zero-order chi connectivity index (χ0) is 18.6. The highest BCUT2D eigenvalue weighted by Gasteiger charge is 2.08. The second-order valence-corrected chi connectivity index (χ2v) is 7.63. The van der Waals surface area contributed by atoms with Gasteiger partial charge in [0.2, 0.25) is 5.91 Å². The molecule has 0 bridgehead atoms. The topological polar surface area (TPSA) is 42.0 Å². The van der Waals surface area contributed by atoms with Crippen molar-refractivity contribution in [1.82, 2.24) is 4.98 Å². The number of amides is 1. The van der Waals surface area contributed by atoms with Crippen molar-refractivity contribution < 1.29 is 4.79 Å². The van der Waals surface area contributed by atoms with Gasteiger partial charge in [-0.15, -0.1) is 11.3 Å². The van der Waals surface area contributed by atoms with Crippen molar-refractivity contribution in [1.29, 1.82) is 0 Å². The summed E-state index contributed by atoms with van der Waals surface area (Å²) in [6, 6.07) is 24.3. The molecule has 0 aliphatic heterocycles. The highest BCUT2D eigenvalue weighted by molar-refractivity contribution is 7.21. The molecular formula is C23H20N2OS. The van der Waals surface area contributed by atoms with Crippen molar-refractivity contribution in [2.75, 3.05) is 5.32 Å². The van der Waals surface area contributed by atoms with Gasteiger partial charge >= 0.3 is 0 Å². The number of nitrogens with zero attached hydrogens (tertiary/aromatic N) is 1. The molecule has 0 atom stereocenters. The number of hydrogen-bond acceptors (Lipinski definition) is 3. The number of benzene rings is 3. The van der Waals surface area contributed by atoms with E-state index in [2.05, 4.69) is 30.4 Å². The molecule has 4 aromatic rings. The molecule has 0 aliphatic rings. The molecule has 1 amide bonds. The molecule has 3 nitrogen and oxygen atoms in total. The van der Waals surface area contributed by atoms with Gasteiger partial charge in [-0.3, -0.25) is 4.79 Å². The molecule has 0 unspecified atom stereocenters. The fourth-order valence-electron chi connectivity index (χ4n) is 2.98. The van der Waals surface area contributed by atoms with Crippen LogP contribution in [0.3, 0.4) is 0 Å². The minimum absolute atomic E-state index is 0.0297. The van der Waals surface area contributed by atoms with Gasteiger partial charge in [-0.25, -0.2) is 4.98 Å². The minimum atomic E-state index is 0.0297. The van der Waals surface area contributed by atoms with E-state index in [0.717, 1.165) is 28.2 Å². The number of nitrogens with one attached hydrogen (secondary N) is 1. The van der Waals surface area contributed by atoms with Gasteiger partial charge in [-0.1, -0.05) is 36.4 Å². The lowest BCUT2D eigenvalue weighted by Gasteiger charge is -2.06. The predicted molar refractivity (Wildman–Crippen MR) is 113 cm³/mol. The highest BCUT2D eigenvalue weighted by Crippen LogP contribution is 2.31. The average molecular weight is 372 g/mol. The molecular weight excluding hydrogens is 352 g/mol. The Morgan fingerprint density at radius 1 is 1.00 bits per heavy atom. The maximum atomic E-state index is 12.2. The molecule has 0 fully saturated rings. The van der Waals surface area contributed by atoms with E-state index in [1.54, 1.807) is 11.3 Å². The third-order valence-electron chi connectivity index (χ3n) is 4.44. The Labute approximate surface area is 162 Å². The molecule has 0 saturated carbocycles. The Kier molecular flexibility index (Phi) is 4.99. The van der Waals surface area contributed by atoms with Gasteiger partial charge in [0, 0.05) is 17.7 Å². The lowest BCUT2D eigenvalue weighted by atomic mass is 10.1. The zero-order valence-electron chi connectivity index (χ0n) is 15.1. The van der Waals surface area contributed by atoms with Crippen molar-refractivity contribution in [2.24, 2.45) is 0 Å². The summed E-state index contributed by atoms with van der Waals surface area (Å²) in [7, 11) is 0. The highest BCUT2D eigenvalue weighted by atomic mass is 32.1. The van der Waals surface area contributed by atoms with Crippen LogP contribution in [-0.4, -0.2) is 10.9 Å². The van der Waals surface area contributed by atoms with Crippen LogP contribution in [0.5, 0.6) is 0 Å². The summed E-state index contributed by atoms with van der Waals surface area (Å²) in [4.78, 5) is 16.9. The second kappa shape index (κ2) is 7.72. The van der Waals surface area contributed by atoms with Crippen LogP contribution < -0.4 is 5.32 Å². The Hall–Kier alpha value is -2.98. The van der Waals surface area contributed by atoms with E-state index in [1.807, 2.05) is 54.6 Å². The van der Waals surface area contributed by atoms with E-state index in [4.69, 9.17) is 4.98 Å². The van der Waals surface area contributed by atoms with Crippen LogP contribution in [0.15, 0.2) is 72.8 Å². The first kappa shape index (κ1) is 17.4. The van der Waals surface area contributed by atoms with Crippen LogP contribution in [0.1, 0.15) is 17.5 Å². The second-order valence-electron chi connectivity index (χ2n) is 6.60. The quantitative estimate of drug-likeness (QED) is 0.478. The Balaban J connectivity index is 1.41. The third-order valence-corrected chi connectivity index (χ3v) is 5.51. The normalized spacial score (nSPS) is 10.9. The van der Waals surface area contributed by atoms with Crippen molar-refractivity contribution in [3.63, 3.8) is 0 Å². The van der Waals surface area contributed by atoms with Gasteiger partial charge in [-0.2, -0.15) is 0 Å². The molecule has 0 radical (unpaired) electrons. The molecule has 4 rings (SSSR count). The maximum absolute atomic E-state index is 12.2. The number of fused-ring (bicyclic) bond motifs is 1. The lowest BCUT2D eigenvalue weighted by molar-refractivity contribution is -0.116. The van der Waals surface area contributed by atoms with Crippen LogP contribution >= 0.6 is 11.3 Å². The Morgan fingerprint density at radius 2 is 1.78 bits per heavy atom. The number of carbonyl (C=O) groups is 1. The van der Waals surface area contributed by atoms with Crippen molar-refractivity contribution in [3.05, 3.63) is 83.9 Å². The summed E-state index contributed by atoms with van der Waals surface area (Å²) in [6.07, 6.45) is 1.22. The Morgan fingerprint density at radius 3 is 2.56 bits per heavy atom. The van der Waals surface area contributed by atoms with E-state index < -0.39 is 0 Å². The summed E-state index contributed by atoms with van der Waals surface area (Å²) in [5.41, 5.74) is 5.32. The van der Waals surface area contributed by atoms with E-state index in [-0.39, 0.29) is 5.91 Å². The number of aryl methyl sites for hydroxylation is 2. The molecule has 3 aromatic carbocycles. The fourth-order valence-corrected chi connectivity index (χ4v) is 4.05. The van der Waals surface area contributed by atoms with Crippen LogP contribution in [0.25, 0.3) is 20.8 Å². The van der Waals surface area contributed by atoms with Crippen molar-refractivity contribution in [3.8, 4) is 10.6 Å². The average Bonchev–Trinajstić information content (AvgIpc) is 3.11. The molecule has 0 spiro atoms. The smallest absolute Gasteiger partial charge is 0.224 e. The first-order chi connectivity index (χ1) is 13.2. The van der Waals surface area contributed by atoms with Gasteiger partial charge in [0.15, 0.2) is 0 Å². The molecule has 27 heavy (non-hydrogen) atoms. The van der Waals surface area contributed by atoms with Gasteiger partial charge < -0.3 is 5.32 Å². The predicted octanol–water partition coefficient (Wildman–Crippen LogP) is 5.84. The van der Waals surface area contributed by atoms with Gasteiger partial charge in [-0.05, 0) is 60.9 Å². The number of thiazole rings is 1. The van der Waals surface area contributed by atoms with E-state index in [0.29, 0.717) is 6.42 Å². The minimum Gasteiger partial charge on any atom is -0.326 e. The summed E-state index contributed by atoms with van der Waals surface area (Å²) < 4.78 is 1.20. The molecule has 0 saturated heterocycles. The van der Waals surface area contributed by atoms with Gasteiger partial charge in [0.05, 0.1) is 10.2 Å². The van der Waals surface area contributed by atoms with Gasteiger partial charge in [0.25, 0.3) is 0 Å². The van der Waals surface area contributed by atoms with Crippen LogP contribution in [0, 0.1) is 6.92 Å². The number of rotatable bonds is 5. The number of hydrogen-bond donors (Lipinski definition) is 1. The zero-order valence-corrected chi connectivity index (χ0v) is 15.9. The van der Waals surface area contributed by atoms with Crippen LogP contribution in [0.4, 0.5) is 5.69 Å². The lowest BCUT2D eigenvalue weighted by Crippen LogP contribution is -2.12. The van der Waals surface area contributed by atoms with E-state index in [1.165, 1.54) is 15.8 Å². The molecule has 0 aliphatic carbocycles. The first-order valence-electron chi connectivity index (χ1n) is 8.99. The molecule has 134 valence electrons. The SMILES string of the molecule is Cc1ccc2nc(-c3ccc(NC(=O)CCc4ccccc4)cc3)sc2c1. The molecule has 1 N–H and O–H groups in total. The fraction of sp³-hybridized carbons (Fsp3) is 0.130. The molecule has 4 heteroatoms. The van der Waals surface area contributed by atoms with E-state index in [9.17, 15) is 4.79 Å². The summed E-state index contributed by atoms with van der Waals surface area (Å²) >= 11 is 1.69. The summed E-state index contributed by atoms with van der Waals surface area (Å²) in [5, 5.41) is 3.97. The number of anilines is 1. The third kappa shape index (κ3) is 4.23. The van der Waals surface area contributed by atoms with E-state index >= 15 is 0 Å². The summed E-state index contributed by atoms with van der Waals surface area (Å²) in [6.45, 7) is 2.09. The van der Waals surface area contributed by atoms with Crippen molar-refractivity contribution in [2.45, 2.75) is 19.8 Å². The summed E-state index contributed by atoms with van der Waals surface area (Å²) in [5.74, 6) is 0.0297. The van der Waals surface area contributed by atoms with Crippen LogP contribution in [0.2, 0.25) is 0 Å². The largest absolute Gasteiger partial charge is 0.326 e. The molecule has 1 aromatic heterocycles. The van der Waals surface area contributed by atoms with Crippen molar-refractivity contribution >= 4 is 33.1 Å². The van der Waals surface area contributed by atoms with Crippen LogP contribution in [-0.2, 0) is 11.2 Å². The standard InChI is InChI=1S/C23H20N2OS/c1-16-7-13-20-21(15-16)27-23(25-20)18-9-11-19(12-10-18)24-22(26)14-8-17-5-3-2-4-6-17/h2-7,9-13,15H,8,14H2,1H3,(H,24,26). The maximum Gasteiger partial charge on any atom is 0.224 e.